The lowest BCUT2D eigenvalue weighted by Gasteiger charge is -2.23. The number of rotatable bonds is 0. The number of benzene rings is 1. The van der Waals surface area contributed by atoms with Gasteiger partial charge in [0.15, 0.2) is 0 Å². The van der Waals surface area contributed by atoms with Gasteiger partial charge in [0.25, 0.3) is 5.91 Å². The number of carbonyl (C=O) groups is 2. The number of allylic oxidation sites excluding steroid dienone is 1. The first-order valence-corrected chi connectivity index (χ1v) is 6.12. The molecule has 5 heteroatoms. The number of anilines is 1. The fraction of sp³-hybridized carbons (Fsp3) is 0.267. The van der Waals surface area contributed by atoms with Crippen molar-refractivity contribution >= 4 is 23.3 Å². The number of ether oxygens (including phenoxy) is 1. The molecule has 0 aromatic heterocycles. The van der Waals surface area contributed by atoms with Gasteiger partial charge < -0.3 is 4.74 Å². The molecule has 0 saturated carbocycles. The molecule has 5 nitrogen and oxygen atoms in total. The molecule has 1 aliphatic rings. The highest BCUT2D eigenvalue weighted by molar-refractivity contribution is 6.39. The van der Waals surface area contributed by atoms with Crippen LogP contribution in [0, 0.1) is 11.3 Å². The van der Waals surface area contributed by atoms with Crippen molar-refractivity contribution in [2.45, 2.75) is 26.4 Å². The van der Waals surface area contributed by atoms with Crippen molar-refractivity contribution in [2.75, 3.05) is 4.90 Å². The van der Waals surface area contributed by atoms with Crippen LogP contribution in [0.25, 0.3) is 5.57 Å². The van der Waals surface area contributed by atoms with E-state index in [4.69, 9.17) is 10.00 Å². The van der Waals surface area contributed by atoms with E-state index in [0.29, 0.717) is 11.3 Å². The molecule has 0 atom stereocenters. The second kappa shape index (κ2) is 4.82. The summed E-state index contributed by atoms with van der Waals surface area (Å²) in [7, 11) is 0. The number of imide groups is 1. The van der Waals surface area contributed by atoms with Crippen molar-refractivity contribution in [3.63, 3.8) is 0 Å². The lowest BCUT2D eigenvalue weighted by molar-refractivity contribution is -0.112. The molecule has 0 N–H and O–H groups in total. The Labute approximate surface area is 117 Å². The van der Waals surface area contributed by atoms with E-state index >= 15 is 0 Å². The molecule has 2 amide bonds. The van der Waals surface area contributed by atoms with Crippen LogP contribution in [-0.2, 0) is 9.53 Å². The molecule has 1 aliphatic heterocycles. The standard InChI is InChI=1S/C15H14N2O3/c1-15(2,3)20-14(19)17-12-7-5-4-6-10(12)11(8-9-16)13(17)18/h4-8H,1-3H3/b11-8+. The van der Waals surface area contributed by atoms with E-state index in [1.165, 1.54) is 0 Å². The second-order valence-corrected chi connectivity index (χ2v) is 5.33. The van der Waals surface area contributed by atoms with Gasteiger partial charge in [-0.2, -0.15) is 5.26 Å². The molecule has 2 rings (SSSR count). The Morgan fingerprint density at radius 3 is 2.60 bits per heavy atom. The summed E-state index contributed by atoms with van der Waals surface area (Å²) in [6.45, 7) is 5.18. The summed E-state index contributed by atoms with van der Waals surface area (Å²) in [6.07, 6.45) is 0.405. The van der Waals surface area contributed by atoms with Crippen LogP contribution in [0.5, 0.6) is 0 Å². The Hall–Kier alpha value is -2.61. The van der Waals surface area contributed by atoms with E-state index in [-0.39, 0.29) is 5.57 Å². The largest absolute Gasteiger partial charge is 0.443 e. The molecule has 0 fully saturated rings. The summed E-state index contributed by atoms with van der Waals surface area (Å²) in [6, 6.07) is 8.64. The van der Waals surface area contributed by atoms with Gasteiger partial charge in [0.2, 0.25) is 0 Å². The Balaban J connectivity index is 2.47. The SMILES string of the molecule is CC(C)(C)OC(=O)N1C(=O)/C(=C/C#N)c2ccccc21. The Morgan fingerprint density at radius 1 is 1.35 bits per heavy atom. The van der Waals surface area contributed by atoms with E-state index in [1.54, 1.807) is 45.0 Å². The smallest absolute Gasteiger partial charge is 0.422 e. The highest BCUT2D eigenvalue weighted by Crippen LogP contribution is 2.37. The third-order valence-corrected chi connectivity index (χ3v) is 2.65. The number of nitriles is 1. The predicted molar refractivity (Wildman–Crippen MR) is 73.8 cm³/mol. The lowest BCUT2D eigenvalue weighted by Crippen LogP contribution is -2.38. The Morgan fingerprint density at radius 2 is 2.00 bits per heavy atom. The Kier molecular flexibility index (Phi) is 3.33. The minimum atomic E-state index is -0.740. The fourth-order valence-corrected chi connectivity index (χ4v) is 1.93. The second-order valence-electron chi connectivity index (χ2n) is 5.33. The molecule has 1 aromatic rings. The van der Waals surface area contributed by atoms with Crippen LogP contribution in [0.3, 0.4) is 0 Å². The molecular formula is C15H14N2O3. The third-order valence-electron chi connectivity index (χ3n) is 2.65. The van der Waals surface area contributed by atoms with Gasteiger partial charge in [-0.15, -0.1) is 0 Å². The monoisotopic (exact) mass is 270 g/mol. The molecule has 0 spiro atoms. The molecule has 0 bridgehead atoms. The van der Waals surface area contributed by atoms with Gasteiger partial charge in [0.1, 0.15) is 5.60 Å². The summed E-state index contributed by atoms with van der Waals surface area (Å²) >= 11 is 0. The van der Waals surface area contributed by atoms with Crippen LogP contribution in [0.2, 0.25) is 0 Å². The van der Waals surface area contributed by atoms with Gasteiger partial charge in [-0.3, -0.25) is 4.79 Å². The predicted octanol–water partition coefficient (Wildman–Crippen LogP) is 2.88. The van der Waals surface area contributed by atoms with E-state index in [2.05, 4.69) is 0 Å². The average Bonchev–Trinajstić information content (AvgIpc) is 2.61. The van der Waals surface area contributed by atoms with Gasteiger partial charge in [-0.05, 0) is 26.8 Å². The molecule has 0 saturated heterocycles. The minimum absolute atomic E-state index is 0.203. The van der Waals surface area contributed by atoms with E-state index in [9.17, 15) is 9.59 Å². The van der Waals surface area contributed by atoms with Gasteiger partial charge in [0, 0.05) is 11.6 Å². The number of fused-ring (bicyclic) bond motifs is 1. The summed E-state index contributed by atoms with van der Waals surface area (Å²) in [5.41, 5.74) is 0.501. The van der Waals surface area contributed by atoms with Crippen molar-refractivity contribution in [1.29, 1.82) is 5.26 Å². The van der Waals surface area contributed by atoms with Crippen LogP contribution >= 0.6 is 0 Å². The van der Waals surface area contributed by atoms with Gasteiger partial charge in [0.05, 0.1) is 17.3 Å². The first-order valence-electron chi connectivity index (χ1n) is 6.12. The van der Waals surface area contributed by atoms with Crippen LogP contribution in [0.1, 0.15) is 26.3 Å². The molecule has 0 radical (unpaired) electrons. The quantitative estimate of drug-likeness (QED) is 0.537. The maximum Gasteiger partial charge on any atom is 0.422 e. The molecule has 102 valence electrons. The zero-order chi connectivity index (χ0) is 14.9. The van der Waals surface area contributed by atoms with Crippen molar-refractivity contribution in [3.8, 4) is 6.07 Å². The molecule has 0 aliphatic carbocycles. The lowest BCUT2D eigenvalue weighted by atomic mass is 10.1. The highest BCUT2D eigenvalue weighted by Gasteiger charge is 2.38. The van der Waals surface area contributed by atoms with Crippen LogP contribution < -0.4 is 4.90 Å². The van der Waals surface area contributed by atoms with Gasteiger partial charge in [-0.1, -0.05) is 18.2 Å². The summed E-state index contributed by atoms with van der Waals surface area (Å²) in [4.78, 5) is 25.4. The van der Waals surface area contributed by atoms with E-state index in [1.807, 2.05) is 6.07 Å². The molecule has 0 unspecified atom stereocenters. The summed E-state index contributed by atoms with van der Waals surface area (Å²) in [5.74, 6) is -0.540. The van der Waals surface area contributed by atoms with Crippen LogP contribution in [0.4, 0.5) is 10.5 Å². The van der Waals surface area contributed by atoms with Crippen molar-refractivity contribution in [3.05, 3.63) is 35.9 Å². The van der Waals surface area contributed by atoms with E-state index < -0.39 is 17.6 Å². The summed E-state index contributed by atoms with van der Waals surface area (Å²) in [5, 5.41) is 8.77. The van der Waals surface area contributed by atoms with Crippen molar-refractivity contribution in [1.82, 2.24) is 0 Å². The number of hydrogen-bond acceptors (Lipinski definition) is 4. The van der Waals surface area contributed by atoms with Crippen LogP contribution in [0.15, 0.2) is 30.3 Å². The van der Waals surface area contributed by atoms with Crippen molar-refractivity contribution in [2.24, 2.45) is 0 Å². The van der Waals surface area contributed by atoms with Gasteiger partial charge >= 0.3 is 6.09 Å². The first kappa shape index (κ1) is 13.8. The van der Waals surface area contributed by atoms with E-state index in [0.717, 1.165) is 11.0 Å². The number of hydrogen-bond donors (Lipinski definition) is 0. The first-order chi connectivity index (χ1) is 9.35. The number of para-hydroxylation sites is 1. The average molecular weight is 270 g/mol. The minimum Gasteiger partial charge on any atom is -0.443 e. The third kappa shape index (κ3) is 2.41. The zero-order valence-corrected chi connectivity index (χ0v) is 11.5. The highest BCUT2D eigenvalue weighted by atomic mass is 16.6. The number of amides is 2. The number of nitrogens with zero attached hydrogens (tertiary/aromatic N) is 2. The van der Waals surface area contributed by atoms with Gasteiger partial charge in [-0.25, -0.2) is 9.69 Å². The molecule has 20 heavy (non-hydrogen) atoms. The normalized spacial score (nSPS) is 16.0. The van der Waals surface area contributed by atoms with Crippen molar-refractivity contribution < 1.29 is 14.3 Å². The molecule has 1 heterocycles. The molecular weight excluding hydrogens is 256 g/mol. The zero-order valence-electron chi connectivity index (χ0n) is 11.5. The fourth-order valence-electron chi connectivity index (χ4n) is 1.93. The maximum atomic E-state index is 12.3. The molecule has 1 aromatic carbocycles. The Bertz CT molecular complexity index is 648. The maximum absolute atomic E-state index is 12.3. The topological polar surface area (TPSA) is 70.4 Å². The van der Waals surface area contributed by atoms with Crippen LogP contribution in [-0.4, -0.2) is 17.6 Å². The number of carbonyl (C=O) groups excluding carboxylic acids is 2. The summed E-state index contributed by atoms with van der Waals surface area (Å²) < 4.78 is 5.23.